The van der Waals surface area contributed by atoms with Crippen molar-refractivity contribution < 1.29 is 14.3 Å². The second-order valence-electron chi connectivity index (χ2n) is 8.05. The Hall–Kier alpha value is -3.99. The molecular weight excluding hydrogens is 436 g/mol. The van der Waals surface area contributed by atoms with Crippen LogP contribution in [0.5, 0.6) is 5.75 Å². The molecule has 3 aromatic rings. The third-order valence-corrected chi connectivity index (χ3v) is 5.55. The molecule has 0 radical (unpaired) electrons. The second-order valence-corrected chi connectivity index (χ2v) is 8.05. The summed E-state index contributed by atoms with van der Waals surface area (Å²) in [6, 6.07) is 5.38. The van der Waals surface area contributed by atoms with Gasteiger partial charge in [-0.1, -0.05) is 0 Å². The number of likely N-dealkylation sites (tertiary alicyclic amines) is 1. The van der Waals surface area contributed by atoms with Crippen molar-refractivity contribution in [3.05, 3.63) is 59.8 Å². The summed E-state index contributed by atoms with van der Waals surface area (Å²) in [4.78, 5) is 35.3. The van der Waals surface area contributed by atoms with Crippen LogP contribution in [0.25, 0.3) is 0 Å². The van der Waals surface area contributed by atoms with Gasteiger partial charge in [0.1, 0.15) is 5.75 Å². The Morgan fingerprint density at radius 3 is 2.68 bits per heavy atom. The summed E-state index contributed by atoms with van der Waals surface area (Å²) in [5.41, 5.74) is 7.60. The van der Waals surface area contributed by atoms with Gasteiger partial charge in [0.05, 0.1) is 25.5 Å². The molecule has 11 heteroatoms. The monoisotopic (exact) mass is 464 g/mol. The number of methoxy groups -OCH3 is 1. The van der Waals surface area contributed by atoms with Crippen LogP contribution in [-0.4, -0.2) is 69.8 Å². The van der Waals surface area contributed by atoms with Crippen LogP contribution in [0.3, 0.4) is 0 Å². The lowest BCUT2D eigenvalue weighted by Crippen LogP contribution is -2.33. The minimum absolute atomic E-state index is 0.0448. The van der Waals surface area contributed by atoms with Crippen LogP contribution < -0.4 is 21.1 Å². The molecule has 4 N–H and O–H groups in total. The Labute approximate surface area is 197 Å². The van der Waals surface area contributed by atoms with Crippen molar-refractivity contribution in [3.8, 4) is 5.75 Å². The van der Waals surface area contributed by atoms with Gasteiger partial charge in [-0.3, -0.25) is 14.3 Å². The number of nitrogens with zero attached hydrogens (tertiary/aromatic N) is 5. The van der Waals surface area contributed by atoms with E-state index in [1.165, 1.54) is 31.4 Å². The number of hydrogen-bond acceptors (Lipinski definition) is 8. The van der Waals surface area contributed by atoms with Gasteiger partial charge in [0.25, 0.3) is 11.8 Å². The fourth-order valence-corrected chi connectivity index (χ4v) is 3.85. The molecule has 0 saturated carbocycles. The number of hydrogen-bond donors (Lipinski definition) is 3. The molecule has 2 amide bonds. The molecule has 3 heterocycles. The highest BCUT2D eigenvalue weighted by Gasteiger charge is 2.15. The van der Waals surface area contributed by atoms with E-state index >= 15 is 0 Å². The molecule has 0 bridgehead atoms. The number of nitrogens with one attached hydrogen (secondary N) is 2. The van der Waals surface area contributed by atoms with E-state index in [0.29, 0.717) is 30.1 Å². The second kappa shape index (κ2) is 10.8. The maximum atomic E-state index is 12.7. The average Bonchev–Trinajstić information content (AvgIpc) is 3.51. The lowest BCUT2D eigenvalue weighted by molar-refractivity contribution is 0.0948. The number of benzene rings is 1. The molecule has 178 valence electrons. The van der Waals surface area contributed by atoms with Gasteiger partial charge in [0.2, 0.25) is 0 Å². The summed E-state index contributed by atoms with van der Waals surface area (Å²) in [6.07, 6.45) is 8.47. The van der Waals surface area contributed by atoms with E-state index in [1.54, 1.807) is 24.1 Å². The van der Waals surface area contributed by atoms with E-state index in [0.717, 1.165) is 25.2 Å². The first-order valence-corrected chi connectivity index (χ1v) is 11.1. The molecule has 1 fully saturated rings. The average molecular weight is 465 g/mol. The highest BCUT2D eigenvalue weighted by Crippen LogP contribution is 2.19. The largest absolute Gasteiger partial charge is 0.497 e. The summed E-state index contributed by atoms with van der Waals surface area (Å²) in [5, 5.41) is 9.98. The summed E-state index contributed by atoms with van der Waals surface area (Å²) >= 11 is 0. The van der Waals surface area contributed by atoms with Crippen molar-refractivity contribution in [1.82, 2.24) is 30.0 Å². The fraction of sp³-hybridized carbons (Fsp3) is 0.348. The van der Waals surface area contributed by atoms with E-state index in [4.69, 9.17) is 10.5 Å². The van der Waals surface area contributed by atoms with E-state index in [1.807, 2.05) is 12.1 Å². The summed E-state index contributed by atoms with van der Waals surface area (Å²) < 4.78 is 7.04. The Balaban J connectivity index is 1.39. The van der Waals surface area contributed by atoms with Crippen LogP contribution in [0.1, 0.15) is 39.3 Å². The summed E-state index contributed by atoms with van der Waals surface area (Å²) in [7, 11) is 1.56. The number of rotatable bonds is 9. The zero-order valence-electron chi connectivity index (χ0n) is 19.0. The Kier molecular flexibility index (Phi) is 7.33. The lowest BCUT2D eigenvalue weighted by Gasteiger charge is -2.15. The van der Waals surface area contributed by atoms with Gasteiger partial charge in [-0.05, 0) is 49.7 Å². The first kappa shape index (κ1) is 23.2. The topological polar surface area (TPSA) is 140 Å². The van der Waals surface area contributed by atoms with Crippen molar-refractivity contribution in [1.29, 1.82) is 0 Å². The highest BCUT2D eigenvalue weighted by molar-refractivity contribution is 6.05. The van der Waals surface area contributed by atoms with Crippen molar-refractivity contribution in [2.45, 2.75) is 19.4 Å². The molecule has 1 aromatic carbocycles. The Morgan fingerprint density at radius 1 is 1.12 bits per heavy atom. The molecule has 4 rings (SSSR count). The number of aromatic nitrogens is 4. The van der Waals surface area contributed by atoms with E-state index in [9.17, 15) is 9.59 Å². The predicted molar refractivity (Wildman–Crippen MR) is 127 cm³/mol. The molecular formula is C23H28N8O3. The van der Waals surface area contributed by atoms with Gasteiger partial charge in [-0.15, -0.1) is 0 Å². The third kappa shape index (κ3) is 5.87. The first-order chi connectivity index (χ1) is 16.5. The Morgan fingerprint density at radius 2 is 1.91 bits per heavy atom. The van der Waals surface area contributed by atoms with Gasteiger partial charge >= 0.3 is 0 Å². The molecule has 0 aliphatic carbocycles. The van der Waals surface area contributed by atoms with Crippen LogP contribution >= 0.6 is 0 Å². The molecule has 34 heavy (non-hydrogen) atoms. The number of amides is 2. The van der Waals surface area contributed by atoms with E-state index in [-0.39, 0.29) is 17.4 Å². The van der Waals surface area contributed by atoms with Gasteiger partial charge in [0.15, 0.2) is 11.5 Å². The Bertz CT molecular complexity index is 1160. The predicted octanol–water partition coefficient (Wildman–Crippen LogP) is 1.39. The molecule has 0 spiro atoms. The summed E-state index contributed by atoms with van der Waals surface area (Å²) in [5.74, 6) is 0.0183. The van der Waals surface area contributed by atoms with Gasteiger partial charge in [-0.2, -0.15) is 5.10 Å². The molecule has 1 saturated heterocycles. The number of anilines is 2. The van der Waals surface area contributed by atoms with Crippen molar-refractivity contribution in [2.75, 3.05) is 44.3 Å². The standard InChI is InChI=1S/C23H28N8O3/c1-34-19-11-16(10-17(12-19)22(32)27-6-9-30-7-2-3-8-30)14-31-15-18(13-28-31)29-23(33)20-21(24)26-5-4-25-20/h4-5,10-13,15H,2-3,6-9,14H2,1H3,(H2,24,26)(H,27,32)(H,29,33). The third-order valence-electron chi connectivity index (χ3n) is 5.55. The molecule has 0 atom stereocenters. The van der Waals surface area contributed by atoms with Crippen molar-refractivity contribution >= 4 is 23.3 Å². The van der Waals surface area contributed by atoms with Crippen LogP contribution in [0.15, 0.2) is 43.0 Å². The molecule has 0 unspecified atom stereocenters. The van der Waals surface area contributed by atoms with Gasteiger partial charge in [-0.25, -0.2) is 9.97 Å². The summed E-state index contributed by atoms with van der Waals surface area (Å²) in [6.45, 7) is 4.03. The fourth-order valence-electron chi connectivity index (χ4n) is 3.85. The number of carbonyl (C=O) groups is 2. The number of nitrogen functional groups attached to an aromatic ring is 1. The quantitative estimate of drug-likeness (QED) is 0.432. The molecule has 2 aromatic heterocycles. The van der Waals surface area contributed by atoms with Crippen LogP contribution in [0, 0.1) is 0 Å². The minimum Gasteiger partial charge on any atom is -0.497 e. The lowest BCUT2D eigenvalue weighted by atomic mass is 10.1. The van der Waals surface area contributed by atoms with Crippen LogP contribution in [0.2, 0.25) is 0 Å². The zero-order chi connectivity index (χ0) is 23.9. The van der Waals surface area contributed by atoms with Crippen molar-refractivity contribution in [2.24, 2.45) is 0 Å². The normalized spacial score (nSPS) is 13.6. The highest BCUT2D eigenvalue weighted by atomic mass is 16.5. The van der Waals surface area contributed by atoms with Crippen LogP contribution in [-0.2, 0) is 6.54 Å². The molecule has 11 nitrogen and oxygen atoms in total. The molecule has 1 aliphatic rings. The SMILES string of the molecule is COc1cc(Cn2cc(NC(=O)c3nccnc3N)cn2)cc(C(=O)NCCN2CCCC2)c1. The van der Waals surface area contributed by atoms with Gasteiger partial charge in [0, 0.05) is 37.2 Å². The van der Waals surface area contributed by atoms with Gasteiger partial charge < -0.3 is 26.0 Å². The van der Waals surface area contributed by atoms with E-state index in [2.05, 4.69) is 30.6 Å². The first-order valence-electron chi connectivity index (χ1n) is 11.1. The number of nitrogens with two attached hydrogens (primary N) is 1. The van der Waals surface area contributed by atoms with E-state index < -0.39 is 5.91 Å². The zero-order valence-corrected chi connectivity index (χ0v) is 19.0. The number of carbonyl (C=O) groups excluding carboxylic acids is 2. The minimum atomic E-state index is -0.473. The maximum Gasteiger partial charge on any atom is 0.278 e. The van der Waals surface area contributed by atoms with Crippen LogP contribution in [0.4, 0.5) is 11.5 Å². The van der Waals surface area contributed by atoms with Crippen molar-refractivity contribution in [3.63, 3.8) is 0 Å². The number of ether oxygens (including phenoxy) is 1. The molecule has 1 aliphatic heterocycles. The maximum absolute atomic E-state index is 12.7. The smallest absolute Gasteiger partial charge is 0.278 e.